The lowest BCUT2D eigenvalue weighted by atomic mass is 10.2. The van der Waals surface area contributed by atoms with Crippen molar-refractivity contribution in [2.75, 3.05) is 13.7 Å². The Morgan fingerprint density at radius 2 is 2.11 bits per heavy atom. The van der Waals surface area contributed by atoms with Crippen molar-refractivity contribution in [2.24, 2.45) is 0 Å². The lowest BCUT2D eigenvalue weighted by molar-refractivity contribution is -0.128. The summed E-state index contributed by atoms with van der Waals surface area (Å²) in [5, 5.41) is 2.59. The lowest BCUT2D eigenvalue weighted by Gasteiger charge is -2.13. The number of esters is 1. The molecule has 1 aromatic carbocycles. The van der Waals surface area contributed by atoms with Gasteiger partial charge >= 0.3 is 5.97 Å². The van der Waals surface area contributed by atoms with Crippen LogP contribution < -0.4 is 10.1 Å². The van der Waals surface area contributed by atoms with E-state index in [1.54, 1.807) is 25.1 Å². The van der Waals surface area contributed by atoms with E-state index in [1.807, 2.05) is 0 Å². The van der Waals surface area contributed by atoms with Crippen molar-refractivity contribution < 1.29 is 19.1 Å². The van der Waals surface area contributed by atoms with Crippen LogP contribution in [0, 0.1) is 0 Å². The number of methoxy groups -OCH3 is 1. The molecule has 1 N–H and O–H groups in total. The maximum atomic E-state index is 11.9. The van der Waals surface area contributed by atoms with Gasteiger partial charge in [-0.3, -0.25) is 4.79 Å². The number of hydrogen-bond donors (Lipinski definition) is 1. The molecule has 0 radical (unpaired) electrons. The van der Waals surface area contributed by atoms with Crippen molar-refractivity contribution in [1.82, 2.24) is 5.32 Å². The highest BCUT2D eigenvalue weighted by molar-refractivity contribution is 9.10. The molecule has 0 aromatic heterocycles. The molecule has 6 heteroatoms. The van der Waals surface area contributed by atoms with Crippen LogP contribution in [0.3, 0.4) is 0 Å². The van der Waals surface area contributed by atoms with Gasteiger partial charge in [0.15, 0.2) is 6.10 Å². The smallest absolute Gasteiger partial charge is 0.338 e. The van der Waals surface area contributed by atoms with Gasteiger partial charge in [-0.25, -0.2) is 4.79 Å². The minimum absolute atomic E-state index is 0.316. The maximum absolute atomic E-state index is 11.9. The van der Waals surface area contributed by atoms with E-state index in [1.165, 1.54) is 14.0 Å². The summed E-state index contributed by atoms with van der Waals surface area (Å²) in [5.74, 6) is -0.251. The van der Waals surface area contributed by atoms with Crippen LogP contribution in [-0.4, -0.2) is 31.6 Å². The molecule has 0 aliphatic heterocycles. The molecular weight excluding hydrogens is 314 g/mol. The molecule has 104 valence electrons. The Bertz CT molecular complexity index is 476. The second-order valence-electron chi connectivity index (χ2n) is 3.79. The summed E-state index contributed by atoms with van der Waals surface area (Å²) >= 11 is 3.28. The normalized spacial score (nSPS) is 11.6. The lowest BCUT2D eigenvalue weighted by Crippen LogP contribution is -2.35. The highest BCUT2D eigenvalue weighted by Gasteiger charge is 2.18. The Morgan fingerprint density at radius 1 is 1.42 bits per heavy atom. The molecule has 1 atom stereocenters. The molecule has 0 aliphatic rings. The first-order chi connectivity index (χ1) is 8.99. The van der Waals surface area contributed by atoms with Crippen LogP contribution in [0.2, 0.25) is 0 Å². The van der Waals surface area contributed by atoms with Crippen molar-refractivity contribution in [3.8, 4) is 5.75 Å². The number of carbonyl (C=O) groups excluding carboxylic acids is 2. The van der Waals surface area contributed by atoms with Crippen LogP contribution in [0.4, 0.5) is 0 Å². The van der Waals surface area contributed by atoms with Crippen molar-refractivity contribution in [1.29, 1.82) is 0 Å². The van der Waals surface area contributed by atoms with Gasteiger partial charge in [-0.2, -0.15) is 0 Å². The summed E-state index contributed by atoms with van der Waals surface area (Å²) < 4.78 is 10.8. The Morgan fingerprint density at radius 3 is 2.63 bits per heavy atom. The van der Waals surface area contributed by atoms with Gasteiger partial charge in [0.25, 0.3) is 5.91 Å². The quantitative estimate of drug-likeness (QED) is 0.840. The fourth-order valence-corrected chi connectivity index (χ4v) is 1.93. The molecule has 0 spiro atoms. The second kappa shape index (κ2) is 7.13. The van der Waals surface area contributed by atoms with Crippen LogP contribution in [0.1, 0.15) is 24.2 Å². The predicted octanol–water partition coefficient (Wildman–Crippen LogP) is 2.14. The molecule has 1 amide bonds. The van der Waals surface area contributed by atoms with E-state index in [0.717, 1.165) is 0 Å². The van der Waals surface area contributed by atoms with Gasteiger partial charge in [0.2, 0.25) is 0 Å². The van der Waals surface area contributed by atoms with E-state index in [9.17, 15) is 9.59 Å². The zero-order valence-electron chi connectivity index (χ0n) is 11.0. The largest absolute Gasteiger partial charge is 0.496 e. The number of likely N-dealkylation sites (N-methyl/N-ethyl adjacent to an activating group) is 1. The first-order valence-electron chi connectivity index (χ1n) is 5.81. The second-order valence-corrected chi connectivity index (χ2v) is 4.65. The Balaban J connectivity index is 2.73. The Kier molecular flexibility index (Phi) is 5.82. The van der Waals surface area contributed by atoms with Gasteiger partial charge in [0, 0.05) is 6.54 Å². The molecule has 5 nitrogen and oxygen atoms in total. The van der Waals surface area contributed by atoms with E-state index in [4.69, 9.17) is 9.47 Å². The number of benzene rings is 1. The zero-order chi connectivity index (χ0) is 14.4. The first kappa shape index (κ1) is 15.5. The van der Waals surface area contributed by atoms with E-state index in [0.29, 0.717) is 22.3 Å². The minimum Gasteiger partial charge on any atom is -0.496 e. The topological polar surface area (TPSA) is 64.6 Å². The maximum Gasteiger partial charge on any atom is 0.338 e. The fraction of sp³-hybridized carbons (Fsp3) is 0.385. The van der Waals surface area contributed by atoms with Gasteiger partial charge in [-0.05, 0) is 48.0 Å². The SMILES string of the molecule is CCNC(=O)[C@H](C)OC(=O)c1ccc(OC)c(Br)c1. The summed E-state index contributed by atoms with van der Waals surface area (Å²) in [6, 6.07) is 4.82. The Hall–Kier alpha value is -1.56. The fourth-order valence-electron chi connectivity index (χ4n) is 1.39. The first-order valence-corrected chi connectivity index (χ1v) is 6.61. The standard InChI is InChI=1S/C13H16BrNO4/c1-4-15-12(16)8(2)19-13(17)9-5-6-11(18-3)10(14)7-9/h5-8H,4H2,1-3H3,(H,15,16)/t8-/m0/s1. The molecule has 19 heavy (non-hydrogen) atoms. The minimum atomic E-state index is -0.826. The molecule has 0 aliphatic carbocycles. The van der Waals surface area contributed by atoms with Crippen LogP contribution in [0.5, 0.6) is 5.75 Å². The van der Waals surface area contributed by atoms with Crippen LogP contribution >= 0.6 is 15.9 Å². The average molecular weight is 330 g/mol. The van der Waals surface area contributed by atoms with E-state index in [-0.39, 0.29) is 5.91 Å². The van der Waals surface area contributed by atoms with Gasteiger partial charge in [0.05, 0.1) is 17.1 Å². The Labute approximate surface area is 120 Å². The molecular formula is C13H16BrNO4. The van der Waals surface area contributed by atoms with E-state index >= 15 is 0 Å². The average Bonchev–Trinajstić information content (AvgIpc) is 2.38. The molecule has 0 bridgehead atoms. The number of amides is 1. The molecule has 0 saturated heterocycles. The molecule has 1 aromatic rings. The molecule has 0 fully saturated rings. The number of rotatable bonds is 5. The molecule has 0 saturated carbocycles. The van der Waals surface area contributed by atoms with Crippen LogP contribution in [-0.2, 0) is 9.53 Å². The zero-order valence-corrected chi connectivity index (χ0v) is 12.6. The van der Waals surface area contributed by atoms with Crippen molar-refractivity contribution in [3.63, 3.8) is 0 Å². The predicted molar refractivity (Wildman–Crippen MR) is 74.3 cm³/mol. The molecule has 0 heterocycles. The summed E-state index contributed by atoms with van der Waals surface area (Å²) in [7, 11) is 1.54. The van der Waals surface area contributed by atoms with Gasteiger partial charge < -0.3 is 14.8 Å². The number of halogens is 1. The van der Waals surface area contributed by atoms with Gasteiger partial charge in [-0.1, -0.05) is 0 Å². The van der Waals surface area contributed by atoms with Crippen molar-refractivity contribution in [3.05, 3.63) is 28.2 Å². The highest BCUT2D eigenvalue weighted by atomic mass is 79.9. The highest BCUT2D eigenvalue weighted by Crippen LogP contribution is 2.25. The number of nitrogens with one attached hydrogen (secondary N) is 1. The van der Waals surface area contributed by atoms with Gasteiger partial charge in [-0.15, -0.1) is 0 Å². The third-order valence-corrected chi connectivity index (χ3v) is 3.01. The summed E-state index contributed by atoms with van der Waals surface area (Å²) in [5.41, 5.74) is 0.351. The van der Waals surface area contributed by atoms with E-state index in [2.05, 4.69) is 21.2 Å². The summed E-state index contributed by atoms with van der Waals surface area (Å²) in [4.78, 5) is 23.3. The monoisotopic (exact) mass is 329 g/mol. The number of hydrogen-bond acceptors (Lipinski definition) is 4. The van der Waals surface area contributed by atoms with Crippen LogP contribution in [0.25, 0.3) is 0 Å². The van der Waals surface area contributed by atoms with E-state index < -0.39 is 12.1 Å². The summed E-state index contributed by atoms with van der Waals surface area (Å²) in [6.07, 6.45) is -0.826. The molecule has 0 unspecified atom stereocenters. The third kappa shape index (κ3) is 4.24. The summed E-state index contributed by atoms with van der Waals surface area (Å²) in [6.45, 7) is 3.82. The van der Waals surface area contributed by atoms with Crippen molar-refractivity contribution in [2.45, 2.75) is 20.0 Å². The van der Waals surface area contributed by atoms with Crippen LogP contribution in [0.15, 0.2) is 22.7 Å². The number of carbonyl (C=O) groups is 2. The number of ether oxygens (including phenoxy) is 2. The molecule has 1 rings (SSSR count). The van der Waals surface area contributed by atoms with Crippen molar-refractivity contribution >= 4 is 27.8 Å². The van der Waals surface area contributed by atoms with Gasteiger partial charge in [0.1, 0.15) is 5.75 Å². The third-order valence-electron chi connectivity index (χ3n) is 2.39.